The van der Waals surface area contributed by atoms with Crippen LogP contribution in [0.5, 0.6) is 0 Å². The van der Waals surface area contributed by atoms with E-state index in [1.165, 1.54) is 0 Å². The standard InChI is InChI=1S/C14H17ClN2O/c1-3-17-9-11(8-16-17)7-14(18)12-5-4-10(2)6-13(12)15/h4-6,8-9,14,18H,3,7H2,1-2H3. The molecule has 1 heterocycles. The molecular weight excluding hydrogens is 248 g/mol. The summed E-state index contributed by atoms with van der Waals surface area (Å²) < 4.78 is 1.85. The molecule has 2 aromatic rings. The number of benzene rings is 1. The maximum absolute atomic E-state index is 10.2. The molecule has 0 amide bonds. The number of nitrogens with zero attached hydrogens (tertiary/aromatic N) is 2. The van der Waals surface area contributed by atoms with Gasteiger partial charge in [0.05, 0.1) is 12.3 Å². The average molecular weight is 265 g/mol. The third-order valence-corrected chi connectivity index (χ3v) is 3.28. The van der Waals surface area contributed by atoms with Crippen LogP contribution in [0.25, 0.3) is 0 Å². The van der Waals surface area contributed by atoms with Crippen molar-refractivity contribution in [1.29, 1.82) is 0 Å². The molecular formula is C14H17ClN2O. The van der Waals surface area contributed by atoms with E-state index in [9.17, 15) is 5.11 Å². The minimum absolute atomic E-state index is 0.531. The van der Waals surface area contributed by atoms with Gasteiger partial charge >= 0.3 is 0 Å². The lowest BCUT2D eigenvalue weighted by molar-refractivity contribution is 0.178. The molecule has 0 aliphatic carbocycles. The number of aliphatic hydroxyl groups excluding tert-OH is 1. The zero-order valence-electron chi connectivity index (χ0n) is 10.6. The minimum atomic E-state index is -0.590. The maximum Gasteiger partial charge on any atom is 0.0845 e. The highest BCUT2D eigenvalue weighted by atomic mass is 35.5. The number of hydrogen-bond donors (Lipinski definition) is 1. The lowest BCUT2D eigenvalue weighted by atomic mass is 10.0. The summed E-state index contributed by atoms with van der Waals surface area (Å²) in [4.78, 5) is 0. The van der Waals surface area contributed by atoms with Crippen LogP contribution in [0.4, 0.5) is 0 Å². The molecule has 1 atom stereocenters. The summed E-state index contributed by atoms with van der Waals surface area (Å²) in [6, 6.07) is 5.71. The van der Waals surface area contributed by atoms with Crippen LogP contribution in [0.1, 0.15) is 29.7 Å². The molecule has 1 aromatic heterocycles. The van der Waals surface area contributed by atoms with Crippen molar-refractivity contribution in [2.75, 3.05) is 0 Å². The first-order chi connectivity index (χ1) is 8.60. The van der Waals surface area contributed by atoms with Crippen molar-refractivity contribution in [1.82, 2.24) is 9.78 Å². The van der Waals surface area contributed by atoms with E-state index < -0.39 is 6.10 Å². The van der Waals surface area contributed by atoms with Crippen LogP contribution in [0.15, 0.2) is 30.6 Å². The molecule has 0 saturated carbocycles. The molecule has 0 aliphatic rings. The predicted octanol–water partition coefficient (Wildman–Crippen LogP) is 3.14. The molecule has 1 unspecified atom stereocenters. The average Bonchev–Trinajstić information content (AvgIpc) is 2.76. The van der Waals surface area contributed by atoms with Crippen molar-refractivity contribution in [2.45, 2.75) is 32.9 Å². The van der Waals surface area contributed by atoms with E-state index >= 15 is 0 Å². The highest BCUT2D eigenvalue weighted by molar-refractivity contribution is 6.31. The molecule has 3 nitrogen and oxygen atoms in total. The quantitative estimate of drug-likeness (QED) is 0.921. The third kappa shape index (κ3) is 2.92. The van der Waals surface area contributed by atoms with Gasteiger partial charge in [-0.05, 0) is 36.6 Å². The van der Waals surface area contributed by atoms with Crippen LogP contribution >= 0.6 is 11.6 Å². The smallest absolute Gasteiger partial charge is 0.0845 e. The second-order valence-electron chi connectivity index (χ2n) is 4.45. The third-order valence-electron chi connectivity index (χ3n) is 2.95. The Morgan fingerprint density at radius 2 is 2.22 bits per heavy atom. The topological polar surface area (TPSA) is 38.0 Å². The zero-order valence-corrected chi connectivity index (χ0v) is 11.4. The first kappa shape index (κ1) is 13.1. The fraction of sp³-hybridized carbons (Fsp3) is 0.357. The molecule has 1 N–H and O–H groups in total. The summed E-state index contributed by atoms with van der Waals surface area (Å²) in [5.74, 6) is 0. The van der Waals surface area contributed by atoms with Crippen molar-refractivity contribution in [3.63, 3.8) is 0 Å². The summed E-state index contributed by atoms with van der Waals surface area (Å²) in [5, 5.41) is 15.0. The number of hydrogen-bond acceptors (Lipinski definition) is 2. The fourth-order valence-electron chi connectivity index (χ4n) is 1.92. The zero-order chi connectivity index (χ0) is 13.1. The molecule has 96 valence electrons. The van der Waals surface area contributed by atoms with Crippen LogP contribution in [0.2, 0.25) is 5.02 Å². The molecule has 4 heteroatoms. The summed E-state index contributed by atoms with van der Waals surface area (Å²) in [7, 11) is 0. The van der Waals surface area contributed by atoms with E-state index in [-0.39, 0.29) is 0 Å². The number of aryl methyl sites for hydroxylation is 2. The summed E-state index contributed by atoms with van der Waals surface area (Å²) >= 11 is 6.14. The molecule has 0 spiro atoms. The number of aromatic nitrogens is 2. The Kier molecular flexibility index (Phi) is 4.04. The van der Waals surface area contributed by atoms with Crippen molar-refractivity contribution < 1.29 is 5.11 Å². The van der Waals surface area contributed by atoms with Gasteiger partial charge in [0.25, 0.3) is 0 Å². The molecule has 0 radical (unpaired) electrons. The monoisotopic (exact) mass is 264 g/mol. The van der Waals surface area contributed by atoms with Gasteiger partial charge in [0.1, 0.15) is 0 Å². The van der Waals surface area contributed by atoms with Crippen LogP contribution in [-0.4, -0.2) is 14.9 Å². The molecule has 0 saturated heterocycles. The van der Waals surface area contributed by atoms with E-state index in [1.54, 1.807) is 6.20 Å². The van der Waals surface area contributed by atoms with Gasteiger partial charge in [-0.15, -0.1) is 0 Å². The van der Waals surface area contributed by atoms with Crippen LogP contribution < -0.4 is 0 Å². The maximum atomic E-state index is 10.2. The van der Waals surface area contributed by atoms with Crippen molar-refractivity contribution in [2.24, 2.45) is 0 Å². The van der Waals surface area contributed by atoms with Crippen molar-refractivity contribution in [3.05, 3.63) is 52.3 Å². The van der Waals surface area contributed by atoms with E-state index in [0.717, 1.165) is 23.2 Å². The van der Waals surface area contributed by atoms with Gasteiger partial charge in [0.2, 0.25) is 0 Å². The van der Waals surface area contributed by atoms with Crippen LogP contribution in [-0.2, 0) is 13.0 Å². The Balaban J connectivity index is 2.13. The summed E-state index contributed by atoms with van der Waals surface area (Å²) in [5.41, 5.74) is 2.88. The Hall–Kier alpha value is -1.32. The Labute approximate surface area is 112 Å². The second kappa shape index (κ2) is 5.55. The molecule has 0 aliphatic heterocycles. The number of aliphatic hydroxyl groups is 1. The molecule has 18 heavy (non-hydrogen) atoms. The van der Waals surface area contributed by atoms with Gasteiger partial charge < -0.3 is 5.11 Å². The largest absolute Gasteiger partial charge is 0.388 e. The molecule has 0 bridgehead atoms. The molecule has 2 rings (SSSR count). The first-order valence-corrected chi connectivity index (χ1v) is 6.43. The van der Waals surface area contributed by atoms with Gasteiger partial charge in [-0.3, -0.25) is 4.68 Å². The van der Waals surface area contributed by atoms with E-state index in [1.807, 2.05) is 42.9 Å². The fourth-order valence-corrected chi connectivity index (χ4v) is 2.28. The number of rotatable bonds is 4. The SMILES string of the molecule is CCn1cc(CC(O)c2ccc(C)cc2Cl)cn1. The van der Waals surface area contributed by atoms with Gasteiger partial charge in [-0.25, -0.2) is 0 Å². The van der Waals surface area contributed by atoms with Gasteiger partial charge in [0, 0.05) is 24.2 Å². The minimum Gasteiger partial charge on any atom is -0.388 e. The Bertz CT molecular complexity index is 536. The van der Waals surface area contributed by atoms with Crippen LogP contribution in [0.3, 0.4) is 0 Å². The van der Waals surface area contributed by atoms with Crippen molar-refractivity contribution >= 4 is 11.6 Å². The first-order valence-electron chi connectivity index (χ1n) is 6.05. The summed E-state index contributed by atoms with van der Waals surface area (Å²) in [6.07, 6.45) is 3.68. The lowest BCUT2D eigenvalue weighted by Crippen LogP contribution is -2.02. The van der Waals surface area contributed by atoms with E-state index in [2.05, 4.69) is 5.10 Å². The second-order valence-corrected chi connectivity index (χ2v) is 4.86. The van der Waals surface area contributed by atoms with Gasteiger partial charge in [-0.2, -0.15) is 5.10 Å². The molecule has 1 aromatic carbocycles. The van der Waals surface area contributed by atoms with E-state index in [4.69, 9.17) is 11.6 Å². The van der Waals surface area contributed by atoms with Crippen LogP contribution in [0, 0.1) is 6.92 Å². The highest BCUT2D eigenvalue weighted by Gasteiger charge is 2.13. The van der Waals surface area contributed by atoms with Gasteiger partial charge in [0.15, 0.2) is 0 Å². The Morgan fingerprint density at radius 1 is 1.44 bits per heavy atom. The predicted molar refractivity (Wildman–Crippen MR) is 72.8 cm³/mol. The highest BCUT2D eigenvalue weighted by Crippen LogP contribution is 2.26. The summed E-state index contributed by atoms with van der Waals surface area (Å²) in [6.45, 7) is 4.85. The molecule has 0 fully saturated rings. The normalized spacial score (nSPS) is 12.7. The lowest BCUT2D eigenvalue weighted by Gasteiger charge is -2.12. The van der Waals surface area contributed by atoms with Gasteiger partial charge in [-0.1, -0.05) is 23.7 Å². The van der Waals surface area contributed by atoms with E-state index in [0.29, 0.717) is 11.4 Å². The van der Waals surface area contributed by atoms with Crippen molar-refractivity contribution in [3.8, 4) is 0 Å². The number of halogens is 1. The Morgan fingerprint density at radius 3 is 2.83 bits per heavy atom.